The van der Waals surface area contributed by atoms with Crippen molar-refractivity contribution in [2.24, 2.45) is 11.8 Å². The van der Waals surface area contributed by atoms with Gasteiger partial charge in [-0.1, -0.05) is 38.0 Å². The summed E-state index contributed by atoms with van der Waals surface area (Å²) in [6.45, 7) is 2.08. The first-order valence-electron chi connectivity index (χ1n) is 9.24. The van der Waals surface area contributed by atoms with Gasteiger partial charge >= 0.3 is 5.97 Å². The fourth-order valence-electron chi connectivity index (χ4n) is 3.11. The quantitative estimate of drug-likeness (QED) is 0.319. The summed E-state index contributed by atoms with van der Waals surface area (Å²) < 4.78 is 0. The number of allylic oxidation sites excluding steroid dienone is 3. The van der Waals surface area contributed by atoms with Crippen LogP contribution >= 0.6 is 0 Å². The number of hydrogen-bond acceptors (Lipinski definition) is 4. The molecule has 25 heavy (non-hydrogen) atoms. The highest BCUT2D eigenvalue weighted by Gasteiger charge is 2.39. The zero-order chi connectivity index (χ0) is 18.7. The summed E-state index contributed by atoms with van der Waals surface area (Å²) in [4.78, 5) is 34.4. The number of aliphatic carboxylic acids is 1. The second-order valence-electron chi connectivity index (χ2n) is 6.70. The van der Waals surface area contributed by atoms with E-state index >= 15 is 0 Å². The summed E-state index contributed by atoms with van der Waals surface area (Å²) in [5, 5.41) is 18.7. The average molecular weight is 350 g/mol. The third-order valence-electron chi connectivity index (χ3n) is 4.58. The molecule has 0 saturated heterocycles. The first kappa shape index (κ1) is 21.3. The zero-order valence-corrected chi connectivity index (χ0v) is 15.0. The van der Waals surface area contributed by atoms with E-state index < -0.39 is 12.1 Å². The van der Waals surface area contributed by atoms with Crippen LogP contribution in [-0.4, -0.2) is 33.9 Å². The molecule has 0 amide bonds. The van der Waals surface area contributed by atoms with Crippen molar-refractivity contribution in [2.75, 3.05) is 0 Å². The Labute approximate surface area is 149 Å². The van der Waals surface area contributed by atoms with Crippen molar-refractivity contribution >= 4 is 17.5 Å². The number of ketones is 2. The third-order valence-corrected chi connectivity index (χ3v) is 4.58. The Bertz CT molecular complexity index is 506. The molecule has 3 atom stereocenters. The van der Waals surface area contributed by atoms with Crippen molar-refractivity contribution < 1.29 is 24.6 Å². The van der Waals surface area contributed by atoms with Gasteiger partial charge in [-0.25, -0.2) is 0 Å². The fraction of sp³-hybridized carbons (Fsp3) is 0.650. The monoisotopic (exact) mass is 350 g/mol. The van der Waals surface area contributed by atoms with Gasteiger partial charge in [-0.05, 0) is 31.8 Å². The molecule has 140 valence electrons. The topological polar surface area (TPSA) is 91.7 Å². The lowest BCUT2D eigenvalue weighted by molar-refractivity contribution is -0.137. The number of aliphatic hydroxyl groups is 1. The average Bonchev–Trinajstić information content (AvgIpc) is 2.82. The molecule has 0 spiro atoms. The number of Topliss-reactive ketones (excluding diaryl/α,β-unsaturated/α-hetero) is 1. The molecule has 1 fully saturated rings. The Kier molecular flexibility index (Phi) is 10.0. The molecule has 1 rings (SSSR count). The van der Waals surface area contributed by atoms with Gasteiger partial charge < -0.3 is 10.2 Å². The number of carbonyl (C=O) groups is 3. The molecule has 1 saturated carbocycles. The molecule has 0 heterocycles. The third kappa shape index (κ3) is 8.25. The van der Waals surface area contributed by atoms with E-state index in [9.17, 15) is 19.5 Å². The Balaban J connectivity index is 2.49. The first-order valence-corrected chi connectivity index (χ1v) is 9.24. The lowest BCUT2D eigenvalue weighted by Gasteiger charge is -2.15. The predicted octanol–water partition coefficient (Wildman–Crippen LogP) is 3.46. The van der Waals surface area contributed by atoms with Gasteiger partial charge in [-0.3, -0.25) is 14.4 Å². The molecule has 0 aromatic rings. The van der Waals surface area contributed by atoms with Crippen molar-refractivity contribution in [1.82, 2.24) is 0 Å². The maximum atomic E-state index is 12.1. The van der Waals surface area contributed by atoms with Crippen LogP contribution in [-0.2, 0) is 14.4 Å². The zero-order valence-electron chi connectivity index (χ0n) is 15.0. The van der Waals surface area contributed by atoms with Gasteiger partial charge in [0.1, 0.15) is 5.78 Å². The largest absolute Gasteiger partial charge is 0.481 e. The van der Waals surface area contributed by atoms with E-state index in [2.05, 4.69) is 6.92 Å². The van der Waals surface area contributed by atoms with Gasteiger partial charge in [0.25, 0.3) is 0 Å². The Morgan fingerprint density at radius 2 is 1.92 bits per heavy atom. The van der Waals surface area contributed by atoms with Gasteiger partial charge in [-0.15, -0.1) is 0 Å². The van der Waals surface area contributed by atoms with E-state index in [1.165, 1.54) is 6.08 Å². The van der Waals surface area contributed by atoms with Gasteiger partial charge in [-0.2, -0.15) is 0 Å². The molecule has 5 nitrogen and oxygen atoms in total. The first-order chi connectivity index (χ1) is 12.0. The molecular formula is C20H30O5. The lowest BCUT2D eigenvalue weighted by atomic mass is 9.90. The molecule has 5 heteroatoms. The van der Waals surface area contributed by atoms with Crippen LogP contribution in [0.4, 0.5) is 0 Å². The molecule has 1 aliphatic carbocycles. The normalized spacial score (nSPS) is 23.8. The number of unbranched alkanes of at least 4 members (excludes halogenated alkanes) is 3. The van der Waals surface area contributed by atoms with Crippen LogP contribution in [0, 0.1) is 11.8 Å². The summed E-state index contributed by atoms with van der Waals surface area (Å²) >= 11 is 0. The van der Waals surface area contributed by atoms with Crippen molar-refractivity contribution in [3.05, 3.63) is 24.3 Å². The van der Waals surface area contributed by atoms with Gasteiger partial charge in [0.05, 0.1) is 6.10 Å². The van der Waals surface area contributed by atoms with E-state index in [1.807, 2.05) is 12.2 Å². The molecule has 1 aliphatic rings. The highest BCUT2D eigenvalue weighted by Crippen LogP contribution is 2.33. The van der Waals surface area contributed by atoms with Crippen molar-refractivity contribution in [3.63, 3.8) is 0 Å². The summed E-state index contributed by atoms with van der Waals surface area (Å²) in [7, 11) is 0. The highest BCUT2D eigenvalue weighted by atomic mass is 16.4. The minimum atomic E-state index is -0.809. The van der Waals surface area contributed by atoms with Crippen LogP contribution < -0.4 is 0 Å². The molecular weight excluding hydrogens is 320 g/mol. The minimum absolute atomic E-state index is 0.0239. The SMILES string of the molecule is CCCCCC(=O)/C=C\[C@H]1C(O)CC(=O)C1C/C=C\CCCC(=O)O. The van der Waals surface area contributed by atoms with Gasteiger partial charge in [0.15, 0.2) is 5.78 Å². The number of carbonyl (C=O) groups excluding carboxylic acids is 2. The lowest BCUT2D eigenvalue weighted by Crippen LogP contribution is -2.18. The second kappa shape index (κ2) is 11.7. The number of carboxylic acid groups (broad SMARTS) is 1. The number of rotatable bonds is 12. The summed E-state index contributed by atoms with van der Waals surface area (Å²) in [6, 6.07) is 0. The molecule has 2 N–H and O–H groups in total. The van der Waals surface area contributed by atoms with Crippen LogP contribution in [0.15, 0.2) is 24.3 Å². The predicted molar refractivity (Wildman–Crippen MR) is 96.1 cm³/mol. The Morgan fingerprint density at radius 3 is 2.60 bits per heavy atom. The smallest absolute Gasteiger partial charge is 0.303 e. The highest BCUT2D eigenvalue weighted by molar-refractivity contribution is 5.90. The number of aliphatic hydroxyl groups excluding tert-OH is 1. The molecule has 0 aromatic heterocycles. The van der Waals surface area contributed by atoms with Crippen LogP contribution in [0.3, 0.4) is 0 Å². The summed E-state index contributed by atoms with van der Waals surface area (Å²) in [6.07, 6.45) is 11.8. The van der Waals surface area contributed by atoms with Crippen LogP contribution in [0.5, 0.6) is 0 Å². The molecule has 0 radical (unpaired) electrons. The molecule has 2 unspecified atom stereocenters. The standard InChI is InChI=1S/C20H30O5/c1-2-3-6-9-15(21)12-13-17-16(18(22)14-19(17)23)10-7-4-5-8-11-20(24)25/h4,7,12-13,16-17,19,23H,2-3,5-6,8-11,14H2,1H3,(H,24,25)/b7-4-,13-12-/t16?,17-,19?/m1/s1. The summed E-state index contributed by atoms with van der Waals surface area (Å²) in [5.74, 6) is -1.35. The van der Waals surface area contributed by atoms with Crippen LogP contribution in [0.25, 0.3) is 0 Å². The maximum absolute atomic E-state index is 12.1. The molecule has 0 aliphatic heterocycles. The number of hydrogen-bond donors (Lipinski definition) is 2. The summed E-state index contributed by atoms with van der Waals surface area (Å²) in [5.41, 5.74) is 0. The Hall–Kier alpha value is -1.75. The minimum Gasteiger partial charge on any atom is -0.481 e. The van der Waals surface area contributed by atoms with Gasteiger partial charge in [0.2, 0.25) is 0 Å². The maximum Gasteiger partial charge on any atom is 0.303 e. The van der Waals surface area contributed by atoms with E-state index in [4.69, 9.17) is 5.11 Å². The van der Waals surface area contributed by atoms with Crippen LogP contribution in [0.1, 0.15) is 64.7 Å². The van der Waals surface area contributed by atoms with Gasteiger partial charge in [0, 0.05) is 31.1 Å². The second-order valence-corrected chi connectivity index (χ2v) is 6.70. The van der Waals surface area contributed by atoms with Crippen molar-refractivity contribution in [3.8, 4) is 0 Å². The van der Waals surface area contributed by atoms with E-state index in [1.54, 1.807) is 6.08 Å². The fourth-order valence-corrected chi connectivity index (χ4v) is 3.11. The van der Waals surface area contributed by atoms with Crippen LogP contribution in [0.2, 0.25) is 0 Å². The Morgan fingerprint density at radius 1 is 1.16 bits per heavy atom. The van der Waals surface area contributed by atoms with E-state index in [-0.39, 0.29) is 36.2 Å². The van der Waals surface area contributed by atoms with E-state index in [0.717, 1.165) is 19.3 Å². The number of carboxylic acids is 1. The van der Waals surface area contributed by atoms with Crippen molar-refractivity contribution in [2.45, 2.75) is 70.8 Å². The molecule has 0 bridgehead atoms. The molecule has 0 aromatic carbocycles. The van der Waals surface area contributed by atoms with E-state index in [0.29, 0.717) is 25.7 Å². The van der Waals surface area contributed by atoms with Crippen molar-refractivity contribution in [1.29, 1.82) is 0 Å².